The molecular formula is C20H34O2P2. The first-order valence-corrected chi connectivity index (χ1v) is 12.0. The molecule has 0 saturated heterocycles. The average Bonchev–Trinajstić information content (AvgIpc) is 2.67. The van der Waals surface area contributed by atoms with Crippen LogP contribution in [0.2, 0.25) is 0 Å². The van der Waals surface area contributed by atoms with Crippen LogP contribution in [0.4, 0.5) is 0 Å². The first-order valence-electron chi connectivity index (χ1n) is 8.54. The van der Waals surface area contributed by atoms with Gasteiger partial charge in [-0.25, -0.2) is 0 Å². The van der Waals surface area contributed by atoms with E-state index in [1.165, 1.54) is 5.30 Å². The second kappa shape index (κ2) is 18.6. The monoisotopic (exact) mass is 368 g/mol. The Hall–Kier alpha value is -0.780. The van der Waals surface area contributed by atoms with Crippen molar-refractivity contribution in [2.75, 3.05) is 19.9 Å². The number of benzene rings is 2. The van der Waals surface area contributed by atoms with Crippen LogP contribution in [-0.2, 0) is 4.52 Å². The van der Waals surface area contributed by atoms with E-state index in [0.29, 0.717) is 0 Å². The van der Waals surface area contributed by atoms with E-state index < -0.39 is 8.15 Å². The number of rotatable bonds is 4. The summed E-state index contributed by atoms with van der Waals surface area (Å²) < 4.78 is 5.49. The summed E-state index contributed by atoms with van der Waals surface area (Å²) in [5.74, 6) is 0. The molecule has 24 heavy (non-hydrogen) atoms. The molecule has 0 radical (unpaired) electrons. The van der Waals surface area contributed by atoms with E-state index in [4.69, 9.17) is 9.42 Å². The fraction of sp³-hybridized carbons (Fsp3) is 0.400. The van der Waals surface area contributed by atoms with Gasteiger partial charge in [0.15, 0.2) is 0 Å². The Morgan fingerprint density at radius 3 is 1.42 bits per heavy atom. The zero-order valence-corrected chi connectivity index (χ0v) is 18.0. The summed E-state index contributed by atoms with van der Waals surface area (Å²) in [4.78, 5) is 9.09. The maximum Gasteiger partial charge on any atom is 0.0571 e. The van der Waals surface area contributed by atoms with Crippen LogP contribution in [-0.4, -0.2) is 24.8 Å². The van der Waals surface area contributed by atoms with Crippen molar-refractivity contribution in [2.45, 2.75) is 34.6 Å². The minimum absolute atomic E-state index is 0.376. The highest BCUT2D eigenvalue weighted by Gasteiger charge is 2.01. The molecule has 4 heteroatoms. The third-order valence-electron chi connectivity index (χ3n) is 2.57. The fourth-order valence-electron chi connectivity index (χ4n) is 1.55. The molecule has 0 amide bonds. The molecule has 2 aromatic carbocycles. The van der Waals surface area contributed by atoms with Crippen LogP contribution < -0.4 is 10.6 Å². The molecule has 0 saturated carbocycles. The van der Waals surface area contributed by atoms with Crippen LogP contribution in [0.1, 0.15) is 34.6 Å². The van der Waals surface area contributed by atoms with Crippen molar-refractivity contribution in [3.63, 3.8) is 0 Å². The standard InChI is InChI=1S/C9H13OP.C7H9OP.2C2H6/c1-3-10-11(2)9-7-5-4-6-8-9;1-9(8)7-5-3-2-4-6-7;2*1-2/h4-8H,3H2,1-2H3;2-6,8H,1H3;2*1-2H3. The van der Waals surface area contributed by atoms with Gasteiger partial charge in [0, 0.05) is 17.2 Å². The van der Waals surface area contributed by atoms with Gasteiger partial charge in [0.2, 0.25) is 0 Å². The van der Waals surface area contributed by atoms with Crippen molar-refractivity contribution in [3.8, 4) is 0 Å². The van der Waals surface area contributed by atoms with Gasteiger partial charge in [0.1, 0.15) is 0 Å². The van der Waals surface area contributed by atoms with Gasteiger partial charge in [0.05, 0.1) is 16.3 Å². The van der Waals surface area contributed by atoms with Crippen LogP contribution in [0.3, 0.4) is 0 Å². The van der Waals surface area contributed by atoms with Gasteiger partial charge in [-0.3, -0.25) is 0 Å². The first-order chi connectivity index (χ1) is 11.6. The van der Waals surface area contributed by atoms with E-state index in [1.54, 1.807) is 0 Å². The van der Waals surface area contributed by atoms with E-state index in [0.717, 1.165) is 11.9 Å². The number of hydrogen-bond donors (Lipinski definition) is 1. The second-order valence-corrected chi connectivity index (χ2v) is 7.44. The normalized spacial score (nSPS) is 11.3. The van der Waals surface area contributed by atoms with Crippen molar-refractivity contribution in [3.05, 3.63) is 60.7 Å². The predicted octanol–water partition coefficient (Wildman–Crippen LogP) is 5.76. The lowest BCUT2D eigenvalue weighted by atomic mass is 10.4. The predicted molar refractivity (Wildman–Crippen MR) is 114 cm³/mol. The zero-order chi connectivity index (χ0) is 18.8. The highest BCUT2D eigenvalue weighted by Crippen LogP contribution is 2.29. The molecule has 0 bridgehead atoms. The average molecular weight is 368 g/mol. The molecule has 2 atom stereocenters. The lowest BCUT2D eigenvalue weighted by Crippen LogP contribution is -2.00. The highest BCUT2D eigenvalue weighted by atomic mass is 31.1. The molecular weight excluding hydrogens is 334 g/mol. The molecule has 136 valence electrons. The number of hydrogen-bond acceptors (Lipinski definition) is 2. The van der Waals surface area contributed by atoms with E-state index >= 15 is 0 Å². The zero-order valence-electron chi connectivity index (χ0n) is 16.2. The molecule has 2 nitrogen and oxygen atoms in total. The summed E-state index contributed by atoms with van der Waals surface area (Å²) in [7, 11) is -1.27. The molecule has 2 rings (SSSR count). The van der Waals surface area contributed by atoms with E-state index in [1.807, 2.05) is 89.8 Å². The molecule has 0 aromatic heterocycles. The van der Waals surface area contributed by atoms with Gasteiger partial charge in [-0.15, -0.1) is 0 Å². The summed E-state index contributed by atoms with van der Waals surface area (Å²) in [6, 6.07) is 20.0. The Bertz CT molecular complexity index is 462. The summed E-state index contributed by atoms with van der Waals surface area (Å²) in [5.41, 5.74) is 0. The van der Waals surface area contributed by atoms with E-state index in [2.05, 4.69) is 18.8 Å². The maximum absolute atomic E-state index is 9.09. The van der Waals surface area contributed by atoms with Crippen molar-refractivity contribution in [1.82, 2.24) is 0 Å². The largest absolute Gasteiger partial charge is 0.369 e. The molecule has 0 heterocycles. The van der Waals surface area contributed by atoms with E-state index in [9.17, 15) is 0 Å². The van der Waals surface area contributed by atoms with Crippen molar-refractivity contribution < 1.29 is 9.42 Å². The Labute approximate surface area is 152 Å². The molecule has 1 N–H and O–H groups in total. The third-order valence-corrected chi connectivity index (χ3v) is 5.29. The molecule has 0 spiro atoms. The summed E-state index contributed by atoms with van der Waals surface area (Å²) in [6.07, 6.45) is 0. The second-order valence-electron chi connectivity index (χ2n) is 4.11. The van der Waals surface area contributed by atoms with Crippen molar-refractivity contribution in [2.24, 2.45) is 0 Å². The molecule has 0 aliphatic rings. The molecule has 0 fully saturated rings. The summed E-state index contributed by atoms with van der Waals surface area (Å²) in [5, 5.41) is 2.34. The van der Waals surface area contributed by atoms with Gasteiger partial charge in [-0.05, 0) is 20.3 Å². The smallest absolute Gasteiger partial charge is 0.0571 e. The van der Waals surface area contributed by atoms with Crippen molar-refractivity contribution >= 4 is 26.9 Å². The van der Waals surface area contributed by atoms with Crippen LogP contribution in [0.25, 0.3) is 0 Å². The van der Waals surface area contributed by atoms with Gasteiger partial charge in [0.25, 0.3) is 0 Å². The topological polar surface area (TPSA) is 29.5 Å². The Kier molecular flexibility index (Phi) is 19.7. The van der Waals surface area contributed by atoms with Crippen LogP contribution >= 0.6 is 16.3 Å². The third kappa shape index (κ3) is 12.6. The molecule has 2 unspecified atom stereocenters. The highest BCUT2D eigenvalue weighted by molar-refractivity contribution is 7.60. The van der Waals surface area contributed by atoms with Gasteiger partial charge >= 0.3 is 0 Å². The Balaban J connectivity index is 0. The minimum Gasteiger partial charge on any atom is -0.369 e. The van der Waals surface area contributed by atoms with Crippen LogP contribution in [0.15, 0.2) is 60.7 Å². The fourth-order valence-corrected chi connectivity index (χ4v) is 3.28. The summed E-state index contributed by atoms with van der Waals surface area (Å²) >= 11 is 0. The SMILES string of the molecule is CC.CC.CCOP(C)c1ccccc1.CP(O)c1ccccc1. The van der Waals surface area contributed by atoms with Gasteiger partial charge in [-0.2, -0.15) is 0 Å². The van der Waals surface area contributed by atoms with Crippen molar-refractivity contribution in [1.29, 1.82) is 0 Å². The quantitative estimate of drug-likeness (QED) is 0.696. The van der Waals surface area contributed by atoms with Gasteiger partial charge < -0.3 is 9.42 Å². The Morgan fingerprint density at radius 2 is 1.12 bits per heavy atom. The summed E-state index contributed by atoms with van der Waals surface area (Å²) in [6.45, 7) is 14.8. The minimum atomic E-state index is -0.896. The lowest BCUT2D eigenvalue weighted by molar-refractivity contribution is 0.386. The maximum atomic E-state index is 9.09. The Morgan fingerprint density at radius 1 is 0.750 bits per heavy atom. The van der Waals surface area contributed by atoms with E-state index in [-0.39, 0.29) is 8.15 Å². The molecule has 2 aromatic rings. The lowest BCUT2D eigenvalue weighted by Gasteiger charge is -2.10. The van der Waals surface area contributed by atoms with Crippen LogP contribution in [0, 0.1) is 0 Å². The van der Waals surface area contributed by atoms with Crippen LogP contribution in [0.5, 0.6) is 0 Å². The molecule has 0 aliphatic carbocycles. The first kappa shape index (κ1) is 25.5. The van der Waals surface area contributed by atoms with Gasteiger partial charge in [-0.1, -0.05) is 88.4 Å². The molecule has 0 aliphatic heterocycles.